The van der Waals surface area contributed by atoms with Crippen molar-refractivity contribution in [3.63, 3.8) is 0 Å². The summed E-state index contributed by atoms with van der Waals surface area (Å²) >= 11 is 0. The predicted molar refractivity (Wildman–Crippen MR) is 37.7 cm³/mol. The minimum absolute atomic E-state index is 0. The van der Waals surface area contributed by atoms with Gasteiger partial charge in [0.05, 0.1) is 0 Å². The minimum atomic E-state index is 0. The summed E-state index contributed by atoms with van der Waals surface area (Å²) in [5, 5.41) is 12.0. The van der Waals surface area contributed by atoms with Gasteiger partial charge in [0.15, 0.2) is 0 Å². The highest BCUT2D eigenvalue weighted by Gasteiger charge is 2.51. The number of hydrogen-bond acceptors (Lipinski definition) is 2. The van der Waals surface area contributed by atoms with Crippen LogP contribution in [0.5, 0.6) is 0 Å². The van der Waals surface area contributed by atoms with Crippen LogP contribution >= 0.6 is 12.4 Å². The maximum Gasteiger partial charge on any atom is 0.0465 e. The largest absolute Gasteiger partial charge is 0.396 e. The van der Waals surface area contributed by atoms with Crippen LogP contribution in [0.25, 0.3) is 0 Å². The fraction of sp³-hybridized carbons (Fsp3) is 1.00. The SMILES string of the molecule is Cl.OCC1[C@H]2CNC[C@@H]12. The molecule has 1 aliphatic carbocycles. The van der Waals surface area contributed by atoms with Crippen LogP contribution in [0.3, 0.4) is 0 Å². The van der Waals surface area contributed by atoms with Crippen molar-refractivity contribution in [2.75, 3.05) is 19.7 Å². The molecule has 1 saturated heterocycles. The van der Waals surface area contributed by atoms with E-state index in [0.717, 1.165) is 24.9 Å². The Morgan fingerprint density at radius 1 is 1.33 bits per heavy atom. The number of aliphatic hydroxyl groups excluding tert-OH is 1. The van der Waals surface area contributed by atoms with Gasteiger partial charge in [-0.3, -0.25) is 0 Å². The van der Waals surface area contributed by atoms with E-state index in [1.165, 1.54) is 0 Å². The van der Waals surface area contributed by atoms with E-state index in [2.05, 4.69) is 5.32 Å². The molecule has 1 unspecified atom stereocenters. The smallest absolute Gasteiger partial charge is 0.0465 e. The van der Waals surface area contributed by atoms with E-state index >= 15 is 0 Å². The molecule has 0 amide bonds. The normalized spacial score (nSPS) is 45.7. The summed E-state index contributed by atoms with van der Waals surface area (Å²) in [4.78, 5) is 0. The number of hydrogen-bond donors (Lipinski definition) is 2. The molecule has 54 valence electrons. The molecule has 0 radical (unpaired) electrons. The van der Waals surface area contributed by atoms with Crippen molar-refractivity contribution in [2.45, 2.75) is 0 Å². The average molecular weight is 150 g/mol. The molecule has 0 bridgehead atoms. The van der Waals surface area contributed by atoms with Crippen molar-refractivity contribution < 1.29 is 5.11 Å². The molecular weight excluding hydrogens is 138 g/mol. The Morgan fingerprint density at radius 3 is 2.22 bits per heavy atom. The second-order valence-corrected chi connectivity index (χ2v) is 2.83. The lowest BCUT2D eigenvalue weighted by Crippen LogP contribution is -2.15. The first-order valence-electron chi connectivity index (χ1n) is 3.25. The first kappa shape index (κ1) is 7.32. The lowest BCUT2D eigenvalue weighted by Gasteiger charge is -1.97. The molecule has 0 spiro atoms. The van der Waals surface area contributed by atoms with Gasteiger partial charge >= 0.3 is 0 Å². The lowest BCUT2D eigenvalue weighted by atomic mass is 10.3. The number of aliphatic hydroxyl groups is 1. The van der Waals surface area contributed by atoms with E-state index in [0.29, 0.717) is 12.5 Å². The Balaban J connectivity index is 0.000000405. The van der Waals surface area contributed by atoms with Crippen LogP contribution in [0, 0.1) is 17.8 Å². The number of halogens is 1. The van der Waals surface area contributed by atoms with Gasteiger partial charge in [0.1, 0.15) is 0 Å². The summed E-state index contributed by atoms with van der Waals surface area (Å²) in [6.07, 6.45) is 0. The molecule has 2 rings (SSSR count). The second kappa shape index (κ2) is 2.45. The third-order valence-corrected chi connectivity index (χ3v) is 2.48. The van der Waals surface area contributed by atoms with Gasteiger partial charge in [-0.25, -0.2) is 0 Å². The van der Waals surface area contributed by atoms with E-state index in [1.807, 2.05) is 0 Å². The topological polar surface area (TPSA) is 32.3 Å². The first-order valence-corrected chi connectivity index (χ1v) is 3.25. The summed E-state index contributed by atoms with van der Waals surface area (Å²) in [6.45, 7) is 2.71. The number of nitrogens with one attached hydrogen (secondary N) is 1. The van der Waals surface area contributed by atoms with Crippen LogP contribution in [0.2, 0.25) is 0 Å². The lowest BCUT2D eigenvalue weighted by molar-refractivity contribution is 0.258. The van der Waals surface area contributed by atoms with Crippen LogP contribution in [0.1, 0.15) is 0 Å². The maximum absolute atomic E-state index is 8.68. The van der Waals surface area contributed by atoms with Crippen molar-refractivity contribution in [3.05, 3.63) is 0 Å². The molecule has 1 aliphatic heterocycles. The average Bonchev–Trinajstić information content (AvgIpc) is 2.22. The molecule has 3 heteroatoms. The Morgan fingerprint density at radius 2 is 1.89 bits per heavy atom. The maximum atomic E-state index is 8.68. The standard InChI is InChI=1S/C6H11NO.ClH/c8-3-6-4-1-7-2-5(4)6;/h4-8H,1-3H2;1H/t4-,5+,6?;. The van der Waals surface area contributed by atoms with Gasteiger partial charge in [-0.15, -0.1) is 12.4 Å². The Labute approximate surface area is 61.0 Å². The van der Waals surface area contributed by atoms with Gasteiger partial charge in [-0.1, -0.05) is 0 Å². The van der Waals surface area contributed by atoms with Crippen LogP contribution < -0.4 is 5.32 Å². The molecular formula is C6H12ClNO. The number of piperidine rings is 1. The van der Waals surface area contributed by atoms with E-state index in [-0.39, 0.29) is 12.4 Å². The first-order chi connectivity index (χ1) is 3.93. The van der Waals surface area contributed by atoms with Gasteiger partial charge in [0.2, 0.25) is 0 Å². The van der Waals surface area contributed by atoms with E-state index < -0.39 is 0 Å². The number of fused-ring (bicyclic) bond motifs is 1. The van der Waals surface area contributed by atoms with Gasteiger partial charge in [0.25, 0.3) is 0 Å². The van der Waals surface area contributed by atoms with Crippen molar-refractivity contribution >= 4 is 12.4 Å². The molecule has 1 saturated carbocycles. The van der Waals surface area contributed by atoms with E-state index in [4.69, 9.17) is 5.11 Å². The van der Waals surface area contributed by atoms with Gasteiger partial charge in [0, 0.05) is 6.61 Å². The molecule has 2 fully saturated rings. The Hall–Kier alpha value is 0.210. The minimum Gasteiger partial charge on any atom is -0.396 e. The van der Waals surface area contributed by atoms with Gasteiger partial charge in [-0.05, 0) is 30.8 Å². The third-order valence-electron chi connectivity index (χ3n) is 2.48. The third kappa shape index (κ3) is 0.955. The molecule has 0 aromatic rings. The molecule has 0 aromatic carbocycles. The highest BCUT2D eigenvalue weighted by Crippen LogP contribution is 2.47. The van der Waals surface area contributed by atoms with E-state index in [9.17, 15) is 0 Å². The van der Waals surface area contributed by atoms with Crippen LogP contribution in [-0.4, -0.2) is 24.8 Å². The summed E-state index contributed by atoms with van der Waals surface area (Å²) < 4.78 is 0. The van der Waals surface area contributed by atoms with Crippen molar-refractivity contribution in [2.24, 2.45) is 17.8 Å². The fourth-order valence-electron chi connectivity index (χ4n) is 1.82. The van der Waals surface area contributed by atoms with E-state index in [1.54, 1.807) is 0 Å². The highest BCUT2D eigenvalue weighted by atomic mass is 35.5. The molecule has 2 nitrogen and oxygen atoms in total. The van der Waals surface area contributed by atoms with Crippen LogP contribution in [0.15, 0.2) is 0 Å². The predicted octanol–water partition coefficient (Wildman–Crippen LogP) is -0.134. The zero-order valence-corrected chi connectivity index (χ0v) is 6.03. The van der Waals surface area contributed by atoms with Crippen molar-refractivity contribution in [1.29, 1.82) is 0 Å². The van der Waals surface area contributed by atoms with Gasteiger partial charge < -0.3 is 10.4 Å². The zero-order chi connectivity index (χ0) is 5.56. The molecule has 1 heterocycles. The molecule has 3 atom stereocenters. The second-order valence-electron chi connectivity index (χ2n) is 2.83. The van der Waals surface area contributed by atoms with Gasteiger partial charge in [-0.2, -0.15) is 0 Å². The van der Waals surface area contributed by atoms with Crippen LogP contribution in [0.4, 0.5) is 0 Å². The summed E-state index contributed by atoms with van der Waals surface area (Å²) in [6, 6.07) is 0. The fourth-order valence-corrected chi connectivity index (χ4v) is 1.82. The highest BCUT2D eigenvalue weighted by molar-refractivity contribution is 5.85. The van der Waals surface area contributed by atoms with Crippen molar-refractivity contribution in [3.8, 4) is 0 Å². The van der Waals surface area contributed by atoms with Crippen LogP contribution in [-0.2, 0) is 0 Å². The summed E-state index contributed by atoms with van der Waals surface area (Å²) in [5.41, 5.74) is 0. The van der Waals surface area contributed by atoms with Crippen molar-refractivity contribution in [1.82, 2.24) is 5.32 Å². The zero-order valence-electron chi connectivity index (χ0n) is 5.21. The molecule has 9 heavy (non-hydrogen) atoms. The molecule has 2 N–H and O–H groups in total. The molecule has 0 aromatic heterocycles. The summed E-state index contributed by atoms with van der Waals surface area (Å²) in [5.74, 6) is 2.33. The monoisotopic (exact) mass is 149 g/mol. The quantitative estimate of drug-likeness (QED) is 0.544. The number of rotatable bonds is 1. The Bertz CT molecular complexity index is 92.5. The summed E-state index contributed by atoms with van der Waals surface area (Å²) in [7, 11) is 0. The Kier molecular flexibility index (Phi) is 1.99. The molecule has 2 aliphatic rings.